The van der Waals surface area contributed by atoms with E-state index in [1.165, 1.54) is 4.90 Å². The molecule has 7 nitrogen and oxygen atoms in total. The Kier molecular flexibility index (Phi) is 3.66. The number of nitrogens with zero attached hydrogens (tertiary/aromatic N) is 4. The van der Waals surface area contributed by atoms with Crippen molar-refractivity contribution in [2.24, 2.45) is 0 Å². The van der Waals surface area contributed by atoms with Crippen LogP contribution in [0.4, 0.5) is 4.79 Å². The van der Waals surface area contributed by atoms with E-state index in [9.17, 15) is 4.79 Å². The number of thiophene rings is 1. The van der Waals surface area contributed by atoms with Gasteiger partial charge in [0, 0.05) is 26.2 Å². The fraction of sp³-hybridized carbons (Fsp3) is 0.417. The van der Waals surface area contributed by atoms with Crippen LogP contribution in [-0.2, 0) is 6.54 Å². The van der Waals surface area contributed by atoms with Crippen LogP contribution in [0.15, 0.2) is 22.0 Å². The summed E-state index contributed by atoms with van der Waals surface area (Å²) in [6.45, 7) is 2.96. The van der Waals surface area contributed by atoms with Gasteiger partial charge >= 0.3 is 6.09 Å². The van der Waals surface area contributed by atoms with Crippen LogP contribution in [0.5, 0.6) is 0 Å². The predicted octanol–water partition coefficient (Wildman–Crippen LogP) is 1.59. The van der Waals surface area contributed by atoms with Crippen molar-refractivity contribution in [3.8, 4) is 10.7 Å². The molecule has 1 saturated heterocycles. The molecule has 0 saturated carbocycles. The first-order chi connectivity index (χ1) is 9.72. The van der Waals surface area contributed by atoms with Gasteiger partial charge in [-0.05, 0) is 11.4 Å². The molecule has 20 heavy (non-hydrogen) atoms. The first-order valence-electron chi connectivity index (χ1n) is 6.29. The monoisotopic (exact) mass is 294 g/mol. The summed E-state index contributed by atoms with van der Waals surface area (Å²) in [6, 6.07) is 3.89. The maximum absolute atomic E-state index is 10.8. The number of hydrogen-bond donors (Lipinski definition) is 1. The van der Waals surface area contributed by atoms with Crippen molar-refractivity contribution in [2.45, 2.75) is 6.54 Å². The van der Waals surface area contributed by atoms with E-state index >= 15 is 0 Å². The lowest BCUT2D eigenvalue weighted by Crippen LogP contribution is -2.47. The second kappa shape index (κ2) is 5.59. The van der Waals surface area contributed by atoms with Crippen molar-refractivity contribution in [3.05, 3.63) is 23.4 Å². The highest BCUT2D eigenvalue weighted by Gasteiger charge is 2.22. The average molecular weight is 294 g/mol. The molecule has 1 aliphatic heterocycles. The molecule has 1 amide bonds. The van der Waals surface area contributed by atoms with Gasteiger partial charge in [-0.2, -0.15) is 4.98 Å². The standard InChI is InChI=1S/C12H14N4O3S/c17-12(18)16-5-3-15(4-6-16)8-10-13-11(14-19-10)9-2-1-7-20-9/h1-2,7H,3-6,8H2,(H,17,18). The lowest BCUT2D eigenvalue weighted by Gasteiger charge is -2.31. The SMILES string of the molecule is O=C(O)N1CCN(Cc2nc(-c3cccs3)no2)CC1. The Labute approximate surface area is 119 Å². The van der Waals surface area contributed by atoms with Crippen LogP contribution in [0.2, 0.25) is 0 Å². The molecule has 1 N–H and O–H groups in total. The number of carbonyl (C=O) groups is 1. The van der Waals surface area contributed by atoms with E-state index in [-0.39, 0.29) is 0 Å². The highest BCUT2D eigenvalue weighted by atomic mass is 32.1. The minimum absolute atomic E-state index is 0.515. The highest BCUT2D eigenvalue weighted by Crippen LogP contribution is 2.21. The van der Waals surface area contributed by atoms with Gasteiger partial charge in [0.05, 0.1) is 11.4 Å². The largest absolute Gasteiger partial charge is 0.465 e. The summed E-state index contributed by atoms with van der Waals surface area (Å²) in [5.74, 6) is 1.18. The minimum Gasteiger partial charge on any atom is -0.465 e. The number of hydrogen-bond acceptors (Lipinski definition) is 6. The number of rotatable bonds is 3. The Morgan fingerprint density at radius 3 is 2.85 bits per heavy atom. The molecule has 0 unspecified atom stereocenters. The quantitative estimate of drug-likeness (QED) is 0.925. The average Bonchev–Trinajstić information content (AvgIpc) is 3.09. The number of piperazine rings is 1. The second-order valence-corrected chi connectivity index (χ2v) is 5.48. The zero-order valence-electron chi connectivity index (χ0n) is 10.7. The van der Waals surface area contributed by atoms with E-state index in [0.29, 0.717) is 44.4 Å². The fourth-order valence-electron chi connectivity index (χ4n) is 2.11. The van der Waals surface area contributed by atoms with Gasteiger partial charge in [0.1, 0.15) is 0 Å². The zero-order valence-corrected chi connectivity index (χ0v) is 11.5. The number of carboxylic acid groups (broad SMARTS) is 1. The van der Waals surface area contributed by atoms with Crippen molar-refractivity contribution >= 4 is 17.4 Å². The van der Waals surface area contributed by atoms with Crippen molar-refractivity contribution in [1.29, 1.82) is 0 Å². The van der Waals surface area contributed by atoms with Gasteiger partial charge in [-0.25, -0.2) is 4.79 Å². The van der Waals surface area contributed by atoms with Crippen molar-refractivity contribution < 1.29 is 14.4 Å². The Hall–Kier alpha value is -1.93. The van der Waals surface area contributed by atoms with E-state index in [1.54, 1.807) is 11.3 Å². The molecule has 2 aromatic rings. The van der Waals surface area contributed by atoms with E-state index in [0.717, 1.165) is 4.88 Å². The van der Waals surface area contributed by atoms with E-state index < -0.39 is 6.09 Å². The summed E-state index contributed by atoms with van der Waals surface area (Å²) in [5, 5.41) is 14.8. The molecule has 0 atom stereocenters. The summed E-state index contributed by atoms with van der Waals surface area (Å²) >= 11 is 1.57. The summed E-state index contributed by atoms with van der Waals surface area (Å²) in [4.78, 5) is 19.7. The highest BCUT2D eigenvalue weighted by molar-refractivity contribution is 7.13. The molecule has 0 aliphatic carbocycles. The third kappa shape index (κ3) is 2.81. The molecule has 0 bridgehead atoms. The summed E-state index contributed by atoms with van der Waals surface area (Å²) in [5.41, 5.74) is 0. The molecule has 106 valence electrons. The van der Waals surface area contributed by atoms with Crippen LogP contribution >= 0.6 is 11.3 Å². The van der Waals surface area contributed by atoms with Crippen molar-refractivity contribution in [1.82, 2.24) is 19.9 Å². The van der Waals surface area contributed by atoms with E-state index in [1.807, 2.05) is 17.5 Å². The molecule has 1 aliphatic rings. The third-order valence-electron chi connectivity index (χ3n) is 3.21. The normalized spacial score (nSPS) is 16.5. The lowest BCUT2D eigenvalue weighted by molar-refractivity contribution is 0.0978. The molecular formula is C12H14N4O3S. The third-order valence-corrected chi connectivity index (χ3v) is 4.08. The van der Waals surface area contributed by atoms with E-state index in [2.05, 4.69) is 15.0 Å². The van der Waals surface area contributed by atoms with Crippen LogP contribution in [0.3, 0.4) is 0 Å². The maximum atomic E-state index is 10.8. The van der Waals surface area contributed by atoms with Crippen molar-refractivity contribution in [3.63, 3.8) is 0 Å². The maximum Gasteiger partial charge on any atom is 0.407 e. The van der Waals surface area contributed by atoms with Gasteiger partial charge in [-0.1, -0.05) is 11.2 Å². The van der Waals surface area contributed by atoms with Gasteiger partial charge in [-0.15, -0.1) is 11.3 Å². The molecule has 0 spiro atoms. The predicted molar refractivity (Wildman–Crippen MR) is 72.5 cm³/mol. The minimum atomic E-state index is -0.859. The Bertz CT molecular complexity index is 575. The lowest BCUT2D eigenvalue weighted by atomic mass is 10.3. The van der Waals surface area contributed by atoms with Gasteiger partial charge in [0.2, 0.25) is 11.7 Å². The van der Waals surface area contributed by atoms with E-state index in [4.69, 9.17) is 9.63 Å². The van der Waals surface area contributed by atoms with Crippen LogP contribution in [-0.4, -0.2) is 57.3 Å². The first-order valence-corrected chi connectivity index (χ1v) is 7.17. The molecule has 1 fully saturated rings. The van der Waals surface area contributed by atoms with Crippen LogP contribution in [0.1, 0.15) is 5.89 Å². The fourth-order valence-corrected chi connectivity index (χ4v) is 2.76. The smallest absolute Gasteiger partial charge is 0.407 e. The zero-order chi connectivity index (χ0) is 13.9. The van der Waals surface area contributed by atoms with Gasteiger partial charge in [-0.3, -0.25) is 4.90 Å². The summed E-state index contributed by atoms with van der Waals surface area (Å²) < 4.78 is 5.24. The van der Waals surface area contributed by atoms with Crippen LogP contribution in [0, 0.1) is 0 Å². The number of amides is 1. The van der Waals surface area contributed by atoms with Crippen molar-refractivity contribution in [2.75, 3.05) is 26.2 Å². The molecule has 0 aromatic carbocycles. The first kappa shape index (κ1) is 13.1. The summed E-state index contributed by atoms with van der Waals surface area (Å²) in [6.07, 6.45) is -0.859. The summed E-state index contributed by atoms with van der Waals surface area (Å²) in [7, 11) is 0. The molecule has 8 heteroatoms. The van der Waals surface area contributed by atoms with Crippen LogP contribution < -0.4 is 0 Å². The molecular weight excluding hydrogens is 280 g/mol. The molecule has 2 aromatic heterocycles. The Morgan fingerprint density at radius 2 is 2.20 bits per heavy atom. The van der Waals surface area contributed by atoms with Gasteiger partial charge < -0.3 is 14.5 Å². The van der Waals surface area contributed by atoms with Gasteiger partial charge in [0.25, 0.3) is 0 Å². The molecule has 3 rings (SSSR count). The van der Waals surface area contributed by atoms with Crippen LogP contribution in [0.25, 0.3) is 10.7 Å². The number of aromatic nitrogens is 2. The molecule has 0 radical (unpaired) electrons. The Balaban J connectivity index is 1.58. The second-order valence-electron chi connectivity index (χ2n) is 4.53. The molecule has 3 heterocycles. The topological polar surface area (TPSA) is 82.7 Å². The Morgan fingerprint density at radius 1 is 1.40 bits per heavy atom. The van der Waals surface area contributed by atoms with Gasteiger partial charge in [0.15, 0.2) is 0 Å².